The zero-order chi connectivity index (χ0) is 30.1. The number of amides is 1. The van der Waals surface area contributed by atoms with Crippen molar-refractivity contribution in [3.8, 4) is 0 Å². The van der Waals surface area contributed by atoms with E-state index in [2.05, 4.69) is 52.0 Å². The molecule has 1 amide bonds. The van der Waals surface area contributed by atoms with Crippen molar-refractivity contribution >= 4 is 17.8 Å². The van der Waals surface area contributed by atoms with Crippen molar-refractivity contribution < 1.29 is 50.9 Å². The molecule has 4 rings (SSSR count). The molecule has 2 aliphatic heterocycles. The second kappa shape index (κ2) is 13.6. The highest BCUT2D eigenvalue weighted by molar-refractivity contribution is 5.79. The molecule has 1 aromatic carbocycles. The lowest BCUT2D eigenvalue weighted by Gasteiger charge is -2.45. The van der Waals surface area contributed by atoms with Gasteiger partial charge in [-0.1, -0.05) is 35.9 Å². The molecule has 0 unspecified atom stereocenters. The van der Waals surface area contributed by atoms with Crippen LogP contribution in [0.15, 0.2) is 48.8 Å². The van der Waals surface area contributed by atoms with Gasteiger partial charge in [-0.05, 0) is 43.4 Å². The molecular formula is C26H29F6N3O5. The highest BCUT2D eigenvalue weighted by Crippen LogP contribution is 2.40. The Morgan fingerprint density at radius 3 is 1.93 bits per heavy atom. The average Bonchev–Trinajstić information content (AvgIpc) is 3.16. The summed E-state index contributed by atoms with van der Waals surface area (Å²) in [4.78, 5) is 39.3. The average molecular weight is 578 g/mol. The summed E-state index contributed by atoms with van der Waals surface area (Å²) < 4.78 is 63.5. The Bertz CT molecular complexity index is 1130. The van der Waals surface area contributed by atoms with E-state index in [0.717, 1.165) is 45.4 Å². The molecule has 14 heteroatoms. The molecule has 8 nitrogen and oxygen atoms in total. The van der Waals surface area contributed by atoms with Crippen molar-refractivity contribution in [2.24, 2.45) is 0 Å². The van der Waals surface area contributed by atoms with Crippen LogP contribution in [-0.4, -0.2) is 73.8 Å². The van der Waals surface area contributed by atoms with Crippen LogP contribution in [0.5, 0.6) is 0 Å². The fourth-order valence-electron chi connectivity index (χ4n) is 4.52. The number of aryl methyl sites for hydroxylation is 1. The Morgan fingerprint density at radius 1 is 0.900 bits per heavy atom. The lowest BCUT2D eigenvalue weighted by atomic mass is 9.84. The number of halogens is 6. The number of carbonyl (C=O) groups is 3. The normalized spacial score (nSPS) is 17.0. The predicted octanol–water partition coefficient (Wildman–Crippen LogP) is 4.81. The number of alkyl halides is 6. The molecule has 40 heavy (non-hydrogen) atoms. The fraction of sp³-hybridized carbons (Fsp3) is 0.462. The third-order valence-electron chi connectivity index (χ3n) is 6.50. The van der Waals surface area contributed by atoms with Gasteiger partial charge in [0.15, 0.2) is 0 Å². The van der Waals surface area contributed by atoms with E-state index in [-0.39, 0.29) is 5.54 Å². The van der Waals surface area contributed by atoms with E-state index in [1.165, 1.54) is 16.7 Å². The van der Waals surface area contributed by atoms with Crippen LogP contribution < -0.4 is 0 Å². The number of aliphatic carboxylic acids is 2. The molecule has 220 valence electrons. The van der Waals surface area contributed by atoms with Gasteiger partial charge >= 0.3 is 24.3 Å². The second-order valence-electron chi connectivity index (χ2n) is 9.44. The SMILES string of the molecule is Cc1cccc(CN2C(=O)CCC23CCN(Cc2cccnc2)CC3)c1.O=C(O)C(F)(F)F.O=C(O)C(F)(F)F. The van der Waals surface area contributed by atoms with Crippen molar-refractivity contribution in [2.75, 3.05) is 13.1 Å². The lowest BCUT2D eigenvalue weighted by molar-refractivity contribution is -0.193. The lowest BCUT2D eigenvalue weighted by Crippen LogP contribution is -2.52. The zero-order valence-corrected chi connectivity index (χ0v) is 21.5. The highest BCUT2D eigenvalue weighted by atomic mass is 19.4. The molecule has 0 bridgehead atoms. The van der Waals surface area contributed by atoms with Crippen molar-refractivity contribution in [1.29, 1.82) is 0 Å². The van der Waals surface area contributed by atoms with Crippen molar-refractivity contribution in [3.63, 3.8) is 0 Å². The minimum Gasteiger partial charge on any atom is -0.475 e. The largest absolute Gasteiger partial charge is 0.490 e. The predicted molar refractivity (Wildman–Crippen MR) is 130 cm³/mol. The van der Waals surface area contributed by atoms with E-state index in [4.69, 9.17) is 19.8 Å². The minimum absolute atomic E-state index is 0.0618. The summed E-state index contributed by atoms with van der Waals surface area (Å²) in [6.45, 7) is 5.92. The first-order chi connectivity index (χ1) is 18.5. The maximum Gasteiger partial charge on any atom is 0.490 e. The topological polar surface area (TPSA) is 111 Å². The molecule has 0 saturated carbocycles. The number of aromatic nitrogens is 1. The standard InChI is InChI=1S/C22H27N3O.2C2HF3O2/c1-18-4-2-5-19(14-18)17-25-21(26)7-8-22(25)9-12-24(13-10-22)16-20-6-3-11-23-15-20;2*3-2(4,5)1(6)7/h2-6,11,14-15H,7-10,12-13,16-17H2,1H3;2*(H,6,7). The van der Waals surface area contributed by atoms with Gasteiger partial charge in [-0.25, -0.2) is 9.59 Å². The Labute approximate surface area is 226 Å². The van der Waals surface area contributed by atoms with Crippen LogP contribution in [0, 0.1) is 6.92 Å². The third kappa shape index (κ3) is 9.81. The van der Waals surface area contributed by atoms with Crippen LogP contribution in [0.2, 0.25) is 0 Å². The Hall–Kier alpha value is -3.68. The minimum atomic E-state index is -5.08. The summed E-state index contributed by atoms with van der Waals surface area (Å²) in [5, 5.41) is 14.2. The summed E-state index contributed by atoms with van der Waals surface area (Å²) in [6, 6.07) is 12.7. The van der Waals surface area contributed by atoms with E-state index < -0.39 is 24.3 Å². The molecule has 0 atom stereocenters. The fourth-order valence-corrected chi connectivity index (χ4v) is 4.52. The van der Waals surface area contributed by atoms with Crippen LogP contribution in [0.25, 0.3) is 0 Å². The van der Waals surface area contributed by atoms with Gasteiger partial charge in [0.1, 0.15) is 0 Å². The number of carbonyl (C=O) groups excluding carboxylic acids is 1. The molecule has 2 N–H and O–H groups in total. The monoisotopic (exact) mass is 577 g/mol. The molecule has 2 fully saturated rings. The Morgan fingerprint density at radius 2 is 1.45 bits per heavy atom. The first-order valence-electron chi connectivity index (χ1n) is 12.1. The molecule has 3 heterocycles. The van der Waals surface area contributed by atoms with Gasteiger partial charge in [0, 0.05) is 50.5 Å². The molecule has 0 aliphatic carbocycles. The molecule has 2 aliphatic rings. The Balaban J connectivity index is 0.000000333. The molecule has 2 saturated heterocycles. The number of hydrogen-bond donors (Lipinski definition) is 2. The van der Waals surface area contributed by atoms with Crippen molar-refractivity contribution in [2.45, 2.75) is 63.6 Å². The highest BCUT2D eigenvalue weighted by Gasteiger charge is 2.46. The van der Waals surface area contributed by atoms with Gasteiger partial charge in [0.2, 0.25) is 5.91 Å². The van der Waals surface area contributed by atoms with E-state index in [1.54, 1.807) is 0 Å². The first kappa shape index (κ1) is 32.5. The summed E-state index contributed by atoms with van der Waals surface area (Å²) in [7, 11) is 0. The van der Waals surface area contributed by atoms with Gasteiger partial charge in [0.25, 0.3) is 0 Å². The smallest absolute Gasteiger partial charge is 0.475 e. The van der Waals surface area contributed by atoms with Gasteiger partial charge < -0.3 is 15.1 Å². The summed E-state index contributed by atoms with van der Waals surface area (Å²) in [5.41, 5.74) is 3.83. The van der Waals surface area contributed by atoms with Gasteiger partial charge in [-0.15, -0.1) is 0 Å². The van der Waals surface area contributed by atoms with Crippen molar-refractivity contribution in [3.05, 3.63) is 65.5 Å². The molecule has 0 radical (unpaired) electrons. The summed E-state index contributed by atoms with van der Waals surface area (Å²) in [5.74, 6) is -5.19. The first-order valence-corrected chi connectivity index (χ1v) is 12.1. The number of piperidine rings is 1. The third-order valence-corrected chi connectivity index (χ3v) is 6.50. The molecule has 2 aromatic rings. The number of nitrogens with zero attached hydrogens (tertiary/aromatic N) is 3. The van der Waals surface area contributed by atoms with E-state index in [1.807, 2.05) is 18.5 Å². The van der Waals surface area contributed by atoms with Gasteiger partial charge in [-0.3, -0.25) is 14.7 Å². The quantitative estimate of drug-likeness (QED) is 0.502. The van der Waals surface area contributed by atoms with Gasteiger partial charge in [-0.2, -0.15) is 26.3 Å². The summed E-state index contributed by atoms with van der Waals surface area (Å²) >= 11 is 0. The summed E-state index contributed by atoms with van der Waals surface area (Å²) in [6.07, 6.45) is -2.53. The van der Waals surface area contributed by atoms with E-state index >= 15 is 0 Å². The number of carboxylic acids is 2. The Kier molecular flexibility index (Phi) is 11.1. The zero-order valence-electron chi connectivity index (χ0n) is 21.5. The number of carboxylic acid groups (broad SMARTS) is 2. The van der Waals surface area contributed by atoms with Crippen LogP contribution in [0.3, 0.4) is 0 Å². The molecular weight excluding hydrogens is 548 g/mol. The number of hydrogen-bond acceptors (Lipinski definition) is 5. The van der Waals surface area contributed by atoms with Gasteiger partial charge in [0.05, 0.1) is 0 Å². The number of likely N-dealkylation sites (tertiary alicyclic amines) is 2. The number of benzene rings is 1. The van der Waals surface area contributed by atoms with Crippen LogP contribution >= 0.6 is 0 Å². The van der Waals surface area contributed by atoms with Crippen LogP contribution in [0.1, 0.15) is 42.4 Å². The maximum atomic E-state index is 12.6. The number of rotatable bonds is 4. The molecule has 1 aromatic heterocycles. The van der Waals surface area contributed by atoms with E-state index in [9.17, 15) is 31.1 Å². The number of pyridine rings is 1. The molecule has 1 spiro atoms. The van der Waals surface area contributed by atoms with Crippen LogP contribution in [-0.2, 0) is 27.5 Å². The van der Waals surface area contributed by atoms with Crippen LogP contribution in [0.4, 0.5) is 26.3 Å². The second-order valence-corrected chi connectivity index (χ2v) is 9.44. The maximum absolute atomic E-state index is 12.6. The van der Waals surface area contributed by atoms with Crippen molar-refractivity contribution in [1.82, 2.24) is 14.8 Å². The van der Waals surface area contributed by atoms with E-state index in [0.29, 0.717) is 12.3 Å².